The molecule has 1 N–H and O–H groups in total. The summed E-state index contributed by atoms with van der Waals surface area (Å²) in [6.45, 7) is 2.02. The molecule has 0 amide bonds. The van der Waals surface area contributed by atoms with E-state index in [9.17, 15) is 5.11 Å². The molecule has 102 valence electrons. The minimum absolute atomic E-state index is 0.694. The first-order valence-corrected chi connectivity index (χ1v) is 7.30. The van der Waals surface area contributed by atoms with Crippen LogP contribution in [0.15, 0.2) is 41.0 Å². The predicted molar refractivity (Wildman–Crippen MR) is 79.9 cm³/mol. The highest BCUT2D eigenvalue weighted by Crippen LogP contribution is 2.31. The third-order valence-electron chi connectivity index (χ3n) is 3.66. The molecule has 0 aliphatic heterocycles. The molecule has 1 unspecified atom stereocenters. The average molecular weight is 323 g/mol. The summed E-state index contributed by atoms with van der Waals surface area (Å²) in [6.07, 6.45) is 3.99. The largest absolute Gasteiger partial charge is 0.385 e. The van der Waals surface area contributed by atoms with E-state index >= 15 is 0 Å². The molecular formula is C15H19BrN2O. The molecule has 0 saturated carbocycles. The van der Waals surface area contributed by atoms with E-state index in [1.165, 1.54) is 0 Å². The Kier molecular flexibility index (Phi) is 4.42. The van der Waals surface area contributed by atoms with Crippen molar-refractivity contribution in [1.82, 2.24) is 9.78 Å². The second-order valence-electron chi connectivity index (χ2n) is 4.84. The van der Waals surface area contributed by atoms with E-state index < -0.39 is 5.60 Å². The Balaban J connectivity index is 2.16. The number of aryl methyl sites for hydroxylation is 2. The molecule has 4 heteroatoms. The average Bonchev–Trinajstić information content (AvgIpc) is 2.81. The highest BCUT2D eigenvalue weighted by atomic mass is 79.9. The summed E-state index contributed by atoms with van der Waals surface area (Å²) in [5, 5.41) is 15.0. The quantitative estimate of drug-likeness (QED) is 0.916. The molecule has 1 aromatic heterocycles. The zero-order valence-electron chi connectivity index (χ0n) is 11.3. The van der Waals surface area contributed by atoms with E-state index in [1.54, 1.807) is 6.20 Å². The van der Waals surface area contributed by atoms with E-state index in [1.807, 2.05) is 49.0 Å². The number of aliphatic hydroxyl groups is 1. The SMILES string of the molecule is CCC(O)(CCc1ccnn1C)c1cccc(Br)c1. The first kappa shape index (κ1) is 14.3. The van der Waals surface area contributed by atoms with Crippen LogP contribution in [0.5, 0.6) is 0 Å². The fourth-order valence-corrected chi connectivity index (χ4v) is 2.68. The Hall–Kier alpha value is -1.13. The lowest BCUT2D eigenvalue weighted by Crippen LogP contribution is -2.25. The Bertz CT molecular complexity index is 553. The molecule has 1 aromatic carbocycles. The zero-order chi connectivity index (χ0) is 13.9. The number of hydrogen-bond acceptors (Lipinski definition) is 2. The molecule has 0 bridgehead atoms. The number of benzene rings is 1. The van der Waals surface area contributed by atoms with Crippen LogP contribution in [0.1, 0.15) is 31.0 Å². The van der Waals surface area contributed by atoms with E-state index in [-0.39, 0.29) is 0 Å². The summed E-state index contributed by atoms with van der Waals surface area (Å²) >= 11 is 3.46. The third kappa shape index (κ3) is 3.25. The van der Waals surface area contributed by atoms with Gasteiger partial charge in [-0.15, -0.1) is 0 Å². The van der Waals surface area contributed by atoms with Crippen LogP contribution in [0.4, 0.5) is 0 Å². The maximum Gasteiger partial charge on any atom is 0.0898 e. The van der Waals surface area contributed by atoms with Gasteiger partial charge in [0.05, 0.1) is 5.60 Å². The van der Waals surface area contributed by atoms with Crippen LogP contribution in [0.2, 0.25) is 0 Å². The maximum absolute atomic E-state index is 10.9. The topological polar surface area (TPSA) is 38.1 Å². The number of aromatic nitrogens is 2. The molecule has 0 aliphatic carbocycles. The normalized spacial score (nSPS) is 14.3. The van der Waals surface area contributed by atoms with Gasteiger partial charge >= 0.3 is 0 Å². The standard InChI is InChI=1S/C15H19BrN2O/c1-3-15(19,12-5-4-6-13(16)11-12)9-7-14-8-10-17-18(14)2/h4-6,8,10-11,19H,3,7,9H2,1-2H3. The minimum Gasteiger partial charge on any atom is -0.385 e. The fraction of sp³-hybridized carbons (Fsp3) is 0.400. The van der Waals surface area contributed by atoms with E-state index in [2.05, 4.69) is 21.0 Å². The van der Waals surface area contributed by atoms with Crippen LogP contribution in [0.25, 0.3) is 0 Å². The number of hydrogen-bond donors (Lipinski definition) is 1. The first-order chi connectivity index (χ1) is 9.05. The monoisotopic (exact) mass is 322 g/mol. The van der Waals surface area contributed by atoms with Crippen LogP contribution < -0.4 is 0 Å². The number of nitrogens with zero attached hydrogens (tertiary/aromatic N) is 2. The first-order valence-electron chi connectivity index (χ1n) is 6.50. The predicted octanol–water partition coefficient (Wildman–Crippen LogP) is 3.41. The van der Waals surface area contributed by atoms with Crippen molar-refractivity contribution in [2.24, 2.45) is 7.05 Å². The van der Waals surface area contributed by atoms with Crippen LogP contribution in [0, 0.1) is 0 Å². The molecule has 0 radical (unpaired) electrons. The van der Waals surface area contributed by atoms with Gasteiger partial charge in [-0.25, -0.2) is 0 Å². The molecule has 1 heterocycles. The molecule has 0 fully saturated rings. The highest BCUT2D eigenvalue weighted by molar-refractivity contribution is 9.10. The molecule has 2 aromatic rings. The molecule has 1 atom stereocenters. The maximum atomic E-state index is 10.9. The van der Waals surface area contributed by atoms with Gasteiger partial charge in [0.25, 0.3) is 0 Å². The van der Waals surface area contributed by atoms with Crippen molar-refractivity contribution in [3.05, 3.63) is 52.3 Å². The zero-order valence-corrected chi connectivity index (χ0v) is 12.9. The number of rotatable bonds is 5. The van der Waals surface area contributed by atoms with E-state index in [0.29, 0.717) is 12.8 Å². The lowest BCUT2D eigenvalue weighted by Gasteiger charge is -2.27. The van der Waals surface area contributed by atoms with Crippen LogP contribution >= 0.6 is 15.9 Å². The van der Waals surface area contributed by atoms with Gasteiger partial charge in [0.1, 0.15) is 0 Å². The smallest absolute Gasteiger partial charge is 0.0898 e. The van der Waals surface area contributed by atoms with Crippen molar-refractivity contribution < 1.29 is 5.11 Å². The van der Waals surface area contributed by atoms with Gasteiger partial charge in [-0.05, 0) is 43.0 Å². The van der Waals surface area contributed by atoms with Gasteiger partial charge in [0.15, 0.2) is 0 Å². The fourth-order valence-electron chi connectivity index (χ4n) is 2.28. The van der Waals surface area contributed by atoms with Crippen LogP contribution in [-0.2, 0) is 19.1 Å². The molecule has 2 rings (SSSR count). The van der Waals surface area contributed by atoms with Gasteiger partial charge in [-0.2, -0.15) is 5.10 Å². The molecule has 0 spiro atoms. The van der Waals surface area contributed by atoms with Gasteiger partial charge < -0.3 is 5.11 Å². The molecule has 0 aliphatic rings. The second-order valence-corrected chi connectivity index (χ2v) is 5.76. The summed E-state index contributed by atoms with van der Waals surface area (Å²) < 4.78 is 2.86. The van der Waals surface area contributed by atoms with Crippen molar-refractivity contribution in [3.8, 4) is 0 Å². The summed E-state index contributed by atoms with van der Waals surface area (Å²) in [5.74, 6) is 0. The molecular weight excluding hydrogens is 304 g/mol. The van der Waals surface area contributed by atoms with Crippen molar-refractivity contribution in [2.45, 2.75) is 31.8 Å². The summed E-state index contributed by atoms with van der Waals surface area (Å²) in [4.78, 5) is 0. The van der Waals surface area contributed by atoms with Crippen molar-refractivity contribution in [3.63, 3.8) is 0 Å². The molecule has 19 heavy (non-hydrogen) atoms. The summed E-state index contributed by atoms with van der Waals surface area (Å²) in [6, 6.07) is 9.91. The van der Waals surface area contributed by atoms with Gasteiger partial charge in [0, 0.05) is 23.4 Å². The lowest BCUT2D eigenvalue weighted by molar-refractivity contribution is 0.0231. The Morgan fingerprint density at radius 2 is 2.16 bits per heavy atom. The van der Waals surface area contributed by atoms with E-state index in [0.717, 1.165) is 22.2 Å². The van der Waals surface area contributed by atoms with Crippen LogP contribution in [0.3, 0.4) is 0 Å². The Labute approximate surface area is 122 Å². The Morgan fingerprint density at radius 3 is 2.74 bits per heavy atom. The number of halogens is 1. The molecule has 0 saturated heterocycles. The van der Waals surface area contributed by atoms with Gasteiger partial charge in [0.2, 0.25) is 0 Å². The second kappa shape index (κ2) is 5.88. The van der Waals surface area contributed by atoms with Crippen LogP contribution in [-0.4, -0.2) is 14.9 Å². The van der Waals surface area contributed by atoms with Gasteiger partial charge in [-0.1, -0.05) is 35.0 Å². The van der Waals surface area contributed by atoms with E-state index in [4.69, 9.17) is 0 Å². The molecule has 3 nitrogen and oxygen atoms in total. The summed E-state index contributed by atoms with van der Waals surface area (Å²) in [5.41, 5.74) is 1.32. The van der Waals surface area contributed by atoms with Crippen molar-refractivity contribution in [1.29, 1.82) is 0 Å². The highest BCUT2D eigenvalue weighted by Gasteiger charge is 2.27. The minimum atomic E-state index is -0.784. The lowest BCUT2D eigenvalue weighted by atomic mass is 9.86. The van der Waals surface area contributed by atoms with Crippen molar-refractivity contribution >= 4 is 15.9 Å². The van der Waals surface area contributed by atoms with Gasteiger partial charge in [-0.3, -0.25) is 4.68 Å². The summed E-state index contributed by atoms with van der Waals surface area (Å²) in [7, 11) is 1.93. The Morgan fingerprint density at radius 1 is 1.37 bits per heavy atom. The van der Waals surface area contributed by atoms with Crippen molar-refractivity contribution in [2.75, 3.05) is 0 Å². The third-order valence-corrected chi connectivity index (χ3v) is 4.16.